The fourth-order valence-corrected chi connectivity index (χ4v) is 1.85. The van der Waals surface area contributed by atoms with Gasteiger partial charge >= 0.3 is 10.5 Å². The molecule has 0 amide bonds. The second-order valence-electron chi connectivity index (χ2n) is 3.38. The molecule has 5 nitrogen and oxygen atoms in total. The normalized spacial score (nSPS) is 11.5. The number of hydrogen-bond acceptors (Lipinski definition) is 5. The molecule has 0 unspecified atom stereocenters. The summed E-state index contributed by atoms with van der Waals surface area (Å²) in [6.07, 6.45) is 0. The highest BCUT2D eigenvalue weighted by Gasteiger charge is 2.18. The second-order valence-corrected chi connectivity index (χ2v) is 4.34. The number of benzene rings is 1. The summed E-state index contributed by atoms with van der Waals surface area (Å²) >= 11 is 0. The summed E-state index contributed by atoms with van der Waals surface area (Å²) in [7, 11) is -5.06. The van der Waals surface area contributed by atoms with Gasteiger partial charge in [-0.25, -0.2) is 0 Å². The first-order valence-electron chi connectivity index (χ1n) is 4.49. The van der Waals surface area contributed by atoms with Gasteiger partial charge in [-0.05, 0) is 31.0 Å². The molecule has 0 heterocycles. The van der Waals surface area contributed by atoms with Crippen LogP contribution in [0.2, 0.25) is 0 Å². The third-order valence-corrected chi connectivity index (χ3v) is 2.69. The molecule has 0 aromatic heterocycles. The van der Waals surface area contributed by atoms with E-state index in [0.29, 0.717) is 22.4 Å². The lowest BCUT2D eigenvalue weighted by molar-refractivity contribution is 0.437. The van der Waals surface area contributed by atoms with Crippen molar-refractivity contribution in [2.45, 2.75) is 20.4 Å². The van der Waals surface area contributed by atoms with Crippen molar-refractivity contribution in [1.29, 1.82) is 0 Å². The quantitative estimate of drug-likeness (QED) is 0.613. The van der Waals surface area contributed by atoms with Crippen molar-refractivity contribution in [3.8, 4) is 5.75 Å². The predicted octanol–water partition coefficient (Wildman–Crippen LogP) is 0.937. The third kappa shape index (κ3) is 2.61. The van der Waals surface area contributed by atoms with Gasteiger partial charge in [-0.2, -0.15) is 8.42 Å². The molecule has 0 aliphatic heterocycles. The van der Waals surface area contributed by atoms with Crippen LogP contribution in [0.1, 0.15) is 16.7 Å². The first-order valence-corrected chi connectivity index (χ1v) is 5.79. The molecule has 0 saturated carbocycles. The van der Waals surface area contributed by atoms with Gasteiger partial charge < -0.3 is 15.7 Å². The Balaban J connectivity index is 3.42. The van der Waals surface area contributed by atoms with E-state index in [1.165, 1.54) is 0 Å². The van der Waals surface area contributed by atoms with Crippen molar-refractivity contribution in [3.05, 3.63) is 22.8 Å². The van der Waals surface area contributed by atoms with E-state index in [1.807, 2.05) is 0 Å². The van der Waals surface area contributed by atoms with Crippen molar-refractivity contribution < 1.29 is 16.5 Å². The fraction of sp³-hybridized carbons (Fsp3) is 0.333. The number of rotatable bonds is 3. The lowest BCUT2D eigenvalue weighted by atomic mass is 10.0. The van der Waals surface area contributed by atoms with E-state index < -0.39 is 10.5 Å². The summed E-state index contributed by atoms with van der Waals surface area (Å²) < 4.78 is 37.6. The molecule has 0 bridgehead atoms. The van der Waals surface area contributed by atoms with Gasteiger partial charge in [0.2, 0.25) is 0 Å². The SMILES string of the molecule is Cc1c(N)cc(CN)c(C)c1OS(=O)(=O)F. The lowest BCUT2D eigenvalue weighted by Gasteiger charge is -2.13. The van der Waals surface area contributed by atoms with Crippen LogP contribution < -0.4 is 15.7 Å². The summed E-state index contributed by atoms with van der Waals surface area (Å²) in [6.45, 7) is 3.30. The van der Waals surface area contributed by atoms with E-state index in [0.717, 1.165) is 0 Å². The van der Waals surface area contributed by atoms with Crippen LogP contribution in [0.3, 0.4) is 0 Å². The van der Waals surface area contributed by atoms with E-state index in [1.54, 1.807) is 19.9 Å². The molecule has 0 atom stereocenters. The van der Waals surface area contributed by atoms with Gasteiger partial charge in [0.1, 0.15) is 0 Å². The predicted molar refractivity (Wildman–Crippen MR) is 58.9 cm³/mol. The molecule has 0 fully saturated rings. The second kappa shape index (κ2) is 4.26. The molecule has 7 heteroatoms. The monoisotopic (exact) mass is 248 g/mol. The van der Waals surface area contributed by atoms with E-state index in [-0.39, 0.29) is 12.3 Å². The van der Waals surface area contributed by atoms with Crippen LogP contribution in [-0.4, -0.2) is 8.42 Å². The van der Waals surface area contributed by atoms with Crippen molar-refractivity contribution in [1.82, 2.24) is 0 Å². The molecular formula is C9H13FN2O3S. The first-order chi connectivity index (χ1) is 7.26. The standard InChI is InChI=1S/C9H13FN2O3S/c1-5-7(4-11)3-8(12)6(2)9(5)15-16(10,13)14/h3H,4,11-12H2,1-2H3. The summed E-state index contributed by atoms with van der Waals surface area (Å²) in [5.41, 5.74) is 12.8. The Morgan fingerprint density at radius 1 is 1.38 bits per heavy atom. The van der Waals surface area contributed by atoms with Crippen molar-refractivity contribution in [2.75, 3.05) is 5.73 Å². The third-order valence-electron chi connectivity index (χ3n) is 2.33. The molecule has 0 radical (unpaired) electrons. The molecule has 1 aromatic carbocycles. The molecule has 0 aliphatic carbocycles. The number of hydrogen-bond donors (Lipinski definition) is 2. The summed E-state index contributed by atoms with van der Waals surface area (Å²) in [5, 5.41) is 0. The molecule has 0 aliphatic rings. The van der Waals surface area contributed by atoms with Gasteiger partial charge in [0.25, 0.3) is 0 Å². The minimum absolute atomic E-state index is 0.0945. The van der Waals surface area contributed by atoms with E-state index in [9.17, 15) is 12.3 Å². The Morgan fingerprint density at radius 3 is 2.38 bits per heavy atom. The van der Waals surface area contributed by atoms with Gasteiger partial charge in [0, 0.05) is 17.8 Å². The molecule has 0 spiro atoms. The highest BCUT2D eigenvalue weighted by atomic mass is 32.3. The van der Waals surface area contributed by atoms with Crippen molar-refractivity contribution >= 4 is 16.2 Å². The molecule has 0 saturated heterocycles. The van der Waals surface area contributed by atoms with Gasteiger partial charge in [-0.15, -0.1) is 0 Å². The number of anilines is 1. The Hall–Kier alpha value is -1.34. The van der Waals surface area contributed by atoms with Gasteiger partial charge in [-0.1, -0.05) is 3.89 Å². The smallest absolute Gasteiger partial charge is 0.398 e. The van der Waals surface area contributed by atoms with Gasteiger partial charge in [0.15, 0.2) is 5.75 Å². The highest BCUT2D eigenvalue weighted by molar-refractivity contribution is 7.81. The zero-order valence-corrected chi connectivity index (χ0v) is 9.77. The maximum atomic E-state index is 12.5. The average molecular weight is 248 g/mol. The topological polar surface area (TPSA) is 95.4 Å². The van der Waals surface area contributed by atoms with Crippen LogP contribution in [0.25, 0.3) is 0 Å². The number of nitrogen functional groups attached to an aromatic ring is 1. The summed E-state index contributed by atoms with van der Waals surface area (Å²) in [5.74, 6) is -0.0945. The molecule has 16 heavy (non-hydrogen) atoms. The maximum Gasteiger partial charge on any atom is 0.488 e. The van der Waals surface area contributed by atoms with Crippen LogP contribution in [0.15, 0.2) is 6.07 Å². The van der Waals surface area contributed by atoms with Crippen molar-refractivity contribution in [3.63, 3.8) is 0 Å². The number of halogens is 1. The Labute approximate surface area is 93.6 Å². The lowest BCUT2D eigenvalue weighted by Crippen LogP contribution is -2.09. The first kappa shape index (κ1) is 12.7. The highest BCUT2D eigenvalue weighted by Crippen LogP contribution is 2.32. The van der Waals surface area contributed by atoms with Crippen LogP contribution in [0.4, 0.5) is 9.57 Å². The molecular weight excluding hydrogens is 235 g/mol. The fourth-order valence-electron chi connectivity index (χ4n) is 1.40. The van der Waals surface area contributed by atoms with Crippen LogP contribution in [0, 0.1) is 13.8 Å². The van der Waals surface area contributed by atoms with Crippen LogP contribution >= 0.6 is 0 Å². The zero-order chi connectivity index (χ0) is 12.5. The van der Waals surface area contributed by atoms with Crippen molar-refractivity contribution in [2.24, 2.45) is 5.73 Å². The van der Waals surface area contributed by atoms with E-state index in [2.05, 4.69) is 4.18 Å². The largest absolute Gasteiger partial charge is 0.488 e. The van der Waals surface area contributed by atoms with Gasteiger partial charge in [0.05, 0.1) is 0 Å². The minimum atomic E-state index is -5.06. The minimum Gasteiger partial charge on any atom is -0.398 e. The number of nitrogens with two attached hydrogens (primary N) is 2. The maximum absolute atomic E-state index is 12.5. The summed E-state index contributed by atoms with van der Waals surface area (Å²) in [4.78, 5) is 0. The Kier molecular flexibility index (Phi) is 3.39. The Bertz CT molecular complexity index is 514. The molecule has 1 rings (SSSR count). The van der Waals surface area contributed by atoms with E-state index in [4.69, 9.17) is 11.5 Å². The van der Waals surface area contributed by atoms with Gasteiger partial charge in [-0.3, -0.25) is 0 Å². The van der Waals surface area contributed by atoms with Crippen LogP contribution in [-0.2, 0) is 17.0 Å². The average Bonchev–Trinajstić information content (AvgIpc) is 2.17. The Morgan fingerprint density at radius 2 is 1.94 bits per heavy atom. The molecule has 4 N–H and O–H groups in total. The van der Waals surface area contributed by atoms with Crippen LogP contribution in [0.5, 0.6) is 5.75 Å². The molecule has 1 aromatic rings. The summed E-state index contributed by atoms with van der Waals surface area (Å²) in [6, 6.07) is 1.61. The zero-order valence-electron chi connectivity index (χ0n) is 8.95. The van der Waals surface area contributed by atoms with E-state index >= 15 is 0 Å². The molecule has 90 valence electrons.